The molecule has 5 heteroatoms. The van der Waals surface area contributed by atoms with Gasteiger partial charge in [-0.25, -0.2) is 0 Å². The van der Waals surface area contributed by atoms with Crippen LogP contribution in [0, 0.1) is 0 Å². The largest absolute Gasteiger partial charge is 0.490 e. The van der Waals surface area contributed by atoms with Gasteiger partial charge in [-0.05, 0) is 49.2 Å². The normalized spacial score (nSPS) is 10.7. The van der Waals surface area contributed by atoms with Gasteiger partial charge in [0, 0.05) is 21.6 Å². The summed E-state index contributed by atoms with van der Waals surface area (Å²) < 4.78 is 12.8. The molecule has 0 aliphatic rings. The van der Waals surface area contributed by atoms with Crippen LogP contribution in [-0.4, -0.2) is 13.2 Å². The summed E-state index contributed by atoms with van der Waals surface area (Å²) in [5, 5.41) is 4.20. The Morgan fingerprint density at radius 2 is 1.62 bits per heavy atom. The summed E-state index contributed by atoms with van der Waals surface area (Å²) in [5.74, 6) is 1.44. The molecule has 0 amide bonds. The van der Waals surface area contributed by atoms with Crippen molar-refractivity contribution in [3.05, 3.63) is 92.9 Å². The van der Waals surface area contributed by atoms with Gasteiger partial charge in [0.1, 0.15) is 6.61 Å². The highest BCUT2D eigenvalue weighted by Crippen LogP contribution is 2.34. The molecule has 3 nitrogen and oxygen atoms in total. The molecule has 152 valence electrons. The van der Waals surface area contributed by atoms with Crippen molar-refractivity contribution in [2.75, 3.05) is 13.2 Å². The fourth-order valence-corrected chi connectivity index (χ4v) is 3.62. The van der Waals surface area contributed by atoms with Crippen LogP contribution in [0.5, 0.6) is 11.5 Å². The Labute approximate surface area is 186 Å². The van der Waals surface area contributed by atoms with E-state index in [4.69, 9.17) is 21.1 Å². The summed E-state index contributed by atoms with van der Waals surface area (Å²) in [6, 6.07) is 22.2. The molecule has 3 rings (SSSR count). The molecule has 3 aromatic carbocycles. The van der Waals surface area contributed by atoms with Crippen molar-refractivity contribution in [3.63, 3.8) is 0 Å². The van der Waals surface area contributed by atoms with Crippen LogP contribution in [0.25, 0.3) is 0 Å². The number of halogens is 2. The van der Waals surface area contributed by atoms with E-state index in [0.29, 0.717) is 24.0 Å². The second kappa shape index (κ2) is 11.2. The van der Waals surface area contributed by atoms with Crippen molar-refractivity contribution < 1.29 is 9.47 Å². The Kier molecular flexibility index (Phi) is 8.41. The standard InChI is InChI=1S/C24H25BrClNO2/c1-2-28-23-14-20(16-27-13-12-18-8-4-3-5-9-18)21(25)15-24(23)29-17-19-10-6-7-11-22(19)26/h3-11,14-15,27H,2,12-13,16-17H2,1H3. The lowest BCUT2D eigenvalue weighted by Crippen LogP contribution is -2.17. The first-order valence-electron chi connectivity index (χ1n) is 9.73. The molecule has 0 aromatic heterocycles. The Morgan fingerprint density at radius 1 is 0.897 bits per heavy atom. The van der Waals surface area contributed by atoms with Gasteiger partial charge in [-0.2, -0.15) is 0 Å². The predicted molar refractivity (Wildman–Crippen MR) is 123 cm³/mol. The average Bonchev–Trinajstić information content (AvgIpc) is 2.74. The number of hydrogen-bond acceptors (Lipinski definition) is 3. The summed E-state index contributed by atoms with van der Waals surface area (Å²) in [6.45, 7) is 4.59. The molecule has 0 aliphatic carbocycles. The number of nitrogens with one attached hydrogen (secondary N) is 1. The molecule has 0 fully saturated rings. The quantitative estimate of drug-likeness (QED) is 0.344. The monoisotopic (exact) mass is 473 g/mol. The van der Waals surface area contributed by atoms with Crippen molar-refractivity contribution in [1.82, 2.24) is 5.32 Å². The highest BCUT2D eigenvalue weighted by molar-refractivity contribution is 9.10. The molecule has 0 heterocycles. The minimum atomic E-state index is 0.390. The summed E-state index contributed by atoms with van der Waals surface area (Å²) in [7, 11) is 0. The number of ether oxygens (including phenoxy) is 2. The molecular weight excluding hydrogens is 450 g/mol. The van der Waals surface area contributed by atoms with Crippen molar-refractivity contribution in [2.24, 2.45) is 0 Å². The lowest BCUT2D eigenvalue weighted by atomic mass is 10.1. The summed E-state index contributed by atoms with van der Waals surface area (Å²) in [6.07, 6.45) is 0.996. The van der Waals surface area contributed by atoms with Gasteiger partial charge in [0.05, 0.1) is 6.61 Å². The van der Waals surface area contributed by atoms with Gasteiger partial charge >= 0.3 is 0 Å². The SMILES string of the molecule is CCOc1cc(CNCCc2ccccc2)c(Br)cc1OCc1ccccc1Cl. The molecule has 0 aliphatic heterocycles. The third-order valence-electron chi connectivity index (χ3n) is 4.50. The van der Waals surface area contributed by atoms with Crippen molar-refractivity contribution in [2.45, 2.75) is 26.5 Å². The highest BCUT2D eigenvalue weighted by Gasteiger charge is 2.12. The first-order valence-corrected chi connectivity index (χ1v) is 10.9. The van der Waals surface area contributed by atoms with Crippen LogP contribution in [0.1, 0.15) is 23.6 Å². The van der Waals surface area contributed by atoms with Crippen LogP contribution in [0.15, 0.2) is 71.2 Å². The Hall–Kier alpha value is -2.01. The zero-order chi connectivity index (χ0) is 20.5. The van der Waals surface area contributed by atoms with Crippen LogP contribution in [0.3, 0.4) is 0 Å². The molecule has 0 saturated heterocycles. The topological polar surface area (TPSA) is 30.5 Å². The summed E-state index contributed by atoms with van der Waals surface area (Å²) in [4.78, 5) is 0. The lowest BCUT2D eigenvalue weighted by molar-refractivity contribution is 0.269. The second-order valence-electron chi connectivity index (χ2n) is 6.62. The van der Waals surface area contributed by atoms with E-state index in [1.54, 1.807) is 0 Å². The van der Waals surface area contributed by atoms with Gasteiger partial charge in [-0.3, -0.25) is 0 Å². The summed E-state index contributed by atoms with van der Waals surface area (Å²) >= 11 is 9.90. The lowest BCUT2D eigenvalue weighted by Gasteiger charge is -2.16. The highest BCUT2D eigenvalue weighted by atomic mass is 79.9. The molecular formula is C24H25BrClNO2. The second-order valence-corrected chi connectivity index (χ2v) is 7.88. The summed E-state index contributed by atoms with van der Waals surface area (Å²) in [5.41, 5.74) is 3.41. The van der Waals surface area contributed by atoms with Gasteiger partial charge in [-0.1, -0.05) is 76.1 Å². The first kappa shape index (κ1) is 21.7. The van der Waals surface area contributed by atoms with Crippen LogP contribution in [0.4, 0.5) is 0 Å². The predicted octanol–water partition coefficient (Wildman–Crippen LogP) is 6.41. The van der Waals surface area contributed by atoms with Crippen LogP contribution in [-0.2, 0) is 19.6 Å². The van der Waals surface area contributed by atoms with Crippen molar-refractivity contribution >= 4 is 27.5 Å². The fraction of sp³-hybridized carbons (Fsp3) is 0.250. The number of rotatable bonds is 10. The molecule has 0 radical (unpaired) electrons. The van der Waals surface area contributed by atoms with Gasteiger partial charge in [-0.15, -0.1) is 0 Å². The first-order chi connectivity index (χ1) is 14.2. The molecule has 0 saturated carbocycles. The third kappa shape index (κ3) is 6.49. The molecule has 29 heavy (non-hydrogen) atoms. The van der Waals surface area contributed by atoms with E-state index in [2.05, 4.69) is 45.5 Å². The van der Waals surface area contributed by atoms with Gasteiger partial charge in [0.25, 0.3) is 0 Å². The van der Waals surface area contributed by atoms with Gasteiger partial charge in [0.15, 0.2) is 11.5 Å². The van der Waals surface area contributed by atoms with E-state index in [0.717, 1.165) is 40.9 Å². The van der Waals surface area contributed by atoms with Crippen LogP contribution < -0.4 is 14.8 Å². The van der Waals surface area contributed by atoms with Crippen molar-refractivity contribution in [3.8, 4) is 11.5 Å². The molecule has 1 N–H and O–H groups in total. The van der Waals surface area contributed by atoms with E-state index in [9.17, 15) is 0 Å². The number of benzene rings is 3. The minimum absolute atomic E-state index is 0.390. The maximum Gasteiger partial charge on any atom is 0.162 e. The molecule has 0 atom stereocenters. The maximum atomic E-state index is 6.23. The van der Waals surface area contributed by atoms with E-state index in [-0.39, 0.29) is 0 Å². The molecule has 3 aromatic rings. The molecule has 0 spiro atoms. The number of hydrogen-bond donors (Lipinski definition) is 1. The Balaban J connectivity index is 1.63. The van der Waals surface area contributed by atoms with E-state index in [1.165, 1.54) is 5.56 Å². The zero-order valence-electron chi connectivity index (χ0n) is 16.5. The third-order valence-corrected chi connectivity index (χ3v) is 5.61. The smallest absolute Gasteiger partial charge is 0.162 e. The van der Waals surface area contributed by atoms with Crippen LogP contribution >= 0.6 is 27.5 Å². The van der Waals surface area contributed by atoms with E-state index < -0.39 is 0 Å². The molecule has 0 unspecified atom stereocenters. The fourth-order valence-electron chi connectivity index (χ4n) is 2.97. The zero-order valence-corrected chi connectivity index (χ0v) is 18.8. The Bertz CT molecular complexity index is 918. The average molecular weight is 475 g/mol. The minimum Gasteiger partial charge on any atom is -0.490 e. The van der Waals surface area contributed by atoms with Gasteiger partial charge in [0.2, 0.25) is 0 Å². The molecule has 0 bridgehead atoms. The van der Waals surface area contributed by atoms with Gasteiger partial charge < -0.3 is 14.8 Å². The van der Waals surface area contributed by atoms with E-state index in [1.807, 2.05) is 49.4 Å². The van der Waals surface area contributed by atoms with Crippen LogP contribution in [0.2, 0.25) is 5.02 Å². The maximum absolute atomic E-state index is 6.23. The van der Waals surface area contributed by atoms with Crippen molar-refractivity contribution in [1.29, 1.82) is 0 Å². The Morgan fingerprint density at radius 3 is 2.38 bits per heavy atom. The van der Waals surface area contributed by atoms with E-state index >= 15 is 0 Å².